The van der Waals surface area contributed by atoms with Crippen LogP contribution in [0.2, 0.25) is 0 Å². The van der Waals surface area contributed by atoms with Crippen molar-refractivity contribution in [2.75, 3.05) is 20.1 Å². The highest BCUT2D eigenvalue weighted by atomic mass is 16.5. The van der Waals surface area contributed by atoms with Crippen molar-refractivity contribution < 1.29 is 24.2 Å². The molecule has 0 spiro atoms. The van der Waals surface area contributed by atoms with Gasteiger partial charge in [-0.15, -0.1) is 0 Å². The second-order valence-electron chi connectivity index (χ2n) is 9.05. The summed E-state index contributed by atoms with van der Waals surface area (Å²) >= 11 is 0. The number of phenolic OH excluding ortho intramolecular Hbond substituents is 1. The molecule has 0 amide bonds. The van der Waals surface area contributed by atoms with Gasteiger partial charge < -0.3 is 19.4 Å². The molecule has 5 heteroatoms. The van der Waals surface area contributed by atoms with Gasteiger partial charge in [-0.1, -0.05) is 19.9 Å². The molecular formula is C21H30NO4+. The lowest BCUT2D eigenvalue weighted by molar-refractivity contribution is -0.942. The van der Waals surface area contributed by atoms with Crippen LogP contribution in [-0.4, -0.2) is 58.4 Å². The Morgan fingerprint density at radius 3 is 2.77 bits per heavy atom. The van der Waals surface area contributed by atoms with E-state index in [-0.39, 0.29) is 23.5 Å². The molecule has 142 valence electrons. The van der Waals surface area contributed by atoms with Crippen LogP contribution in [0.25, 0.3) is 0 Å². The Balaban J connectivity index is 1.88. The van der Waals surface area contributed by atoms with Gasteiger partial charge in [0.2, 0.25) is 0 Å². The van der Waals surface area contributed by atoms with Gasteiger partial charge in [0.1, 0.15) is 11.6 Å². The van der Waals surface area contributed by atoms with Gasteiger partial charge in [-0.25, -0.2) is 0 Å². The summed E-state index contributed by atoms with van der Waals surface area (Å²) in [4.78, 5) is 12.6. The fourth-order valence-electron chi connectivity index (χ4n) is 5.83. The second kappa shape index (κ2) is 5.70. The largest absolute Gasteiger partial charge is 0.504 e. The van der Waals surface area contributed by atoms with E-state index in [1.807, 2.05) is 6.07 Å². The van der Waals surface area contributed by atoms with Crippen molar-refractivity contribution in [1.82, 2.24) is 0 Å². The predicted molar refractivity (Wildman–Crippen MR) is 98.4 cm³/mol. The van der Waals surface area contributed by atoms with Gasteiger partial charge >= 0.3 is 0 Å². The first kappa shape index (κ1) is 17.8. The Hall–Kier alpha value is -1.59. The molecule has 1 aromatic carbocycles. The maximum Gasteiger partial charge on any atom is 0.174 e. The number of carbonyl (C=O) groups excluding carboxylic acids is 1. The number of carbonyl (C=O) groups is 1. The first-order valence-corrected chi connectivity index (χ1v) is 9.82. The normalized spacial score (nSPS) is 34.4. The van der Waals surface area contributed by atoms with Gasteiger partial charge in [-0.3, -0.25) is 4.79 Å². The summed E-state index contributed by atoms with van der Waals surface area (Å²) in [5.74, 6) is 0.675. The number of benzene rings is 1. The summed E-state index contributed by atoms with van der Waals surface area (Å²) in [5, 5.41) is 22.2. The fraction of sp³-hybridized carbons (Fsp3) is 0.667. The number of hydrogen-bond acceptors (Lipinski definition) is 4. The van der Waals surface area contributed by atoms with Crippen LogP contribution in [0.3, 0.4) is 0 Å². The molecule has 0 bridgehead atoms. The van der Waals surface area contributed by atoms with Crippen molar-refractivity contribution in [2.45, 2.75) is 63.7 Å². The summed E-state index contributed by atoms with van der Waals surface area (Å²) < 4.78 is 6.70. The highest BCUT2D eigenvalue weighted by Gasteiger charge is 2.65. The molecule has 5 nitrogen and oxygen atoms in total. The summed E-state index contributed by atoms with van der Waals surface area (Å²) in [5.41, 5.74) is 0.995. The molecule has 26 heavy (non-hydrogen) atoms. The van der Waals surface area contributed by atoms with Crippen molar-refractivity contribution in [3.05, 3.63) is 23.3 Å². The Morgan fingerprint density at radius 2 is 2.12 bits per heavy atom. The minimum absolute atomic E-state index is 0.0158. The van der Waals surface area contributed by atoms with Crippen LogP contribution in [0.15, 0.2) is 12.1 Å². The van der Waals surface area contributed by atoms with Crippen LogP contribution in [-0.2, 0) is 11.2 Å². The van der Waals surface area contributed by atoms with E-state index in [4.69, 9.17) is 4.74 Å². The molecule has 1 saturated carbocycles. The Labute approximate surface area is 155 Å². The fourth-order valence-corrected chi connectivity index (χ4v) is 5.83. The van der Waals surface area contributed by atoms with Crippen LogP contribution >= 0.6 is 0 Å². The summed E-state index contributed by atoms with van der Waals surface area (Å²) in [6, 6.07) is 3.62. The van der Waals surface area contributed by atoms with Crippen molar-refractivity contribution in [3.63, 3.8) is 0 Å². The van der Waals surface area contributed by atoms with E-state index in [1.54, 1.807) is 6.07 Å². The minimum atomic E-state index is -0.982. The summed E-state index contributed by atoms with van der Waals surface area (Å²) in [7, 11) is 2.23. The van der Waals surface area contributed by atoms with Gasteiger partial charge in [0.25, 0.3) is 0 Å². The van der Waals surface area contributed by atoms with Crippen molar-refractivity contribution in [1.29, 1.82) is 0 Å². The van der Waals surface area contributed by atoms with E-state index in [9.17, 15) is 15.0 Å². The van der Waals surface area contributed by atoms with Crippen LogP contribution < -0.4 is 4.74 Å². The van der Waals surface area contributed by atoms with Crippen molar-refractivity contribution >= 4 is 5.78 Å². The topological polar surface area (TPSA) is 66.8 Å². The minimum Gasteiger partial charge on any atom is -0.504 e. The lowest BCUT2D eigenvalue weighted by Gasteiger charge is -2.55. The number of nitrogens with zero attached hydrogens (tertiary/aromatic N) is 1. The molecule has 0 radical (unpaired) electrons. The third kappa shape index (κ3) is 2.26. The van der Waals surface area contributed by atoms with Gasteiger partial charge in [0.05, 0.1) is 26.1 Å². The molecule has 1 heterocycles. The van der Waals surface area contributed by atoms with Crippen LogP contribution in [0.5, 0.6) is 11.5 Å². The first-order valence-electron chi connectivity index (χ1n) is 9.82. The molecule has 0 aromatic heterocycles. The Kier molecular flexibility index (Phi) is 3.90. The van der Waals surface area contributed by atoms with Crippen LogP contribution in [0.1, 0.15) is 50.7 Å². The molecule has 2 N–H and O–H groups in total. The molecule has 5 atom stereocenters. The monoisotopic (exact) mass is 360 g/mol. The molecular weight excluding hydrogens is 330 g/mol. The van der Waals surface area contributed by atoms with E-state index in [0.717, 1.165) is 35.1 Å². The molecule has 0 saturated heterocycles. The number of aliphatic hydroxyl groups is 1. The summed E-state index contributed by atoms with van der Waals surface area (Å²) in [6.07, 6.45) is 0.894. The van der Waals surface area contributed by atoms with Crippen molar-refractivity contribution in [2.24, 2.45) is 5.92 Å². The third-order valence-corrected chi connectivity index (χ3v) is 7.00. The zero-order valence-corrected chi connectivity index (χ0v) is 16.2. The number of phenols is 1. The Morgan fingerprint density at radius 1 is 1.38 bits per heavy atom. The van der Waals surface area contributed by atoms with Gasteiger partial charge in [0.15, 0.2) is 23.4 Å². The molecule has 2 unspecified atom stereocenters. The number of rotatable bonds is 4. The van der Waals surface area contributed by atoms with E-state index in [0.29, 0.717) is 24.5 Å². The van der Waals surface area contributed by atoms with Gasteiger partial charge in [-0.05, 0) is 25.0 Å². The number of ketones is 1. The first-order chi connectivity index (χ1) is 12.2. The third-order valence-electron chi connectivity index (χ3n) is 7.00. The highest BCUT2D eigenvalue weighted by Crippen LogP contribution is 2.58. The van der Waals surface area contributed by atoms with Crippen LogP contribution in [0, 0.1) is 5.92 Å². The van der Waals surface area contributed by atoms with E-state index in [1.165, 1.54) is 0 Å². The quantitative estimate of drug-likeness (QED) is 0.809. The molecule has 1 aromatic rings. The second-order valence-corrected chi connectivity index (χ2v) is 9.05. The average molecular weight is 360 g/mol. The lowest BCUT2D eigenvalue weighted by atomic mass is 9.61. The number of ether oxygens (including phenoxy) is 1. The van der Waals surface area contributed by atoms with Gasteiger partial charge in [0, 0.05) is 24.3 Å². The molecule has 4 rings (SSSR count). The van der Waals surface area contributed by atoms with E-state index in [2.05, 4.69) is 27.8 Å². The number of Topliss-reactive ketones (excluding diaryl/α,β-unsaturated/α-hetero) is 1. The predicted octanol–water partition coefficient (Wildman–Crippen LogP) is 2.38. The average Bonchev–Trinajstić information content (AvgIpc) is 3.00. The lowest BCUT2D eigenvalue weighted by Crippen LogP contribution is -2.70. The van der Waals surface area contributed by atoms with E-state index >= 15 is 0 Å². The standard InChI is InChI=1S/C21H29NO4/c1-5-22(4,11-12(2)3)16-10-13-6-7-14(23)19-17(13)18-20(26-19)15(24)8-9-21(16,18)25/h6-7,12,16,18,20,25H,5,8-11H2,1-4H3/p+1/t16-,18?,20+,21-,22?/m1/s1. The maximum absolute atomic E-state index is 12.6. The van der Waals surface area contributed by atoms with Crippen molar-refractivity contribution in [3.8, 4) is 11.5 Å². The molecule has 3 aliphatic rings. The maximum atomic E-state index is 12.6. The number of likely N-dealkylation sites (N-methyl/N-ethyl adjacent to an activating group) is 1. The van der Waals surface area contributed by atoms with E-state index < -0.39 is 11.7 Å². The van der Waals surface area contributed by atoms with Crippen LogP contribution in [0.4, 0.5) is 0 Å². The Bertz CT molecular complexity index is 761. The zero-order chi connectivity index (χ0) is 18.9. The highest BCUT2D eigenvalue weighted by molar-refractivity contribution is 5.88. The molecule has 1 aliphatic heterocycles. The van der Waals surface area contributed by atoms with Gasteiger partial charge in [-0.2, -0.15) is 0 Å². The zero-order valence-electron chi connectivity index (χ0n) is 16.2. The number of hydrogen-bond donors (Lipinski definition) is 2. The SMILES string of the molecule is CC[N+](C)(CC(C)C)[C@@H]1Cc2ccc(O)c3c2C2[C@@H](O3)C(=O)CC[C@]21O. The molecule has 2 aliphatic carbocycles. The molecule has 1 fully saturated rings. The smallest absolute Gasteiger partial charge is 0.174 e. The summed E-state index contributed by atoms with van der Waals surface area (Å²) in [6.45, 7) is 8.53. The number of aromatic hydroxyl groups is 1. The number of quaternary nitrogens is 1.